The van der Waals surface area contributed by atoms with Crippen LogP contribution in [0.5, 0.6) is 0 Å². The molecular weight excluding hydrogens is 386 g/mol. The second-order valence-electron chi connectivity index (χ2n) is 8.78. The highest BCUT2D eigenvalue weighted by molar-refractivity contribution is 5.99. The van der Waals surface area contributed by atoms with Gasteiger partial charge >= 0.3 is 0 Å². The van der Waals surface area contributed by atoms with Gasteiger partial charge in [-0.2, -0.15) is 0 Å². The molecule has 2 bridgehead atoms. The van der Waals surface area contributed by atoms with E-state index in [0.29, 0.717) is 13.0 Å². The first-order valence-electron chi connectivity index (χ1n) is 10.4. The molecule has 0 saturated carbocycles. The Labute approximate surface area is 176 Å². The van der Waals surface area contributed by atoms with Gasteiger partial charge in [0.2, 0.25) is 17.7 Å². The Morgan fingerprint density at radius 2 is 1.97 bits per heavy atom. The van der Waals surface area contributed by atoms with Crippen molar-refractivity contribution in [3.63, 3.8) is 0 Å². The Balaban J connectivity index is 1.69. The highest BCUT2D eigenvalue weighted by atomic mass is 16.5. The van der Waals surface area contributed by atoms with E-state index in [-0.39, 0.29) is 36.8 Å². The molecule has 8 heteroatoms. The average Bonchev–Trinajstić information content (AvgIpc) is 3.24. The van der Waals surface area contributed by atoms with E-state index in [0.717, 1.165) is 5.56 Å². The molecule has 30 heavy (non-hydrogen) atoms. The number of aliphatic hydroxyl groups is 1. The second-order valence-corrected chi connectivity index (χ2v) is 8.78. The summed E-state index contributed by atoms with van der Waals surface area (Å²) in [5, 5.41) is 15.2. The number of benzene rings is 1. The van der Waals surface area contributed by atoms with E-state index in [1.165, 1.54) is 4.90 Å². The van der Waals surface area contributed by atoms with E-state index < -0.39 is 29.1 Å². The van der Waals surface area contributed by atoms with Crippen LogP contribution in [0.1, 0.15) is 25.8 Å². The van der Waals surface area contributed by atoms with Crippen LogP contribution in [0.4, 0.5) is 0 Å². The largest absolute Gasteiger partial charge is 0.395 e. The lowest BCUT2D eigenvalue weighted by atomic mass is 9.62. The maximum absolute atomic E-state index is 13.4. The monoisotopic (exact) mass is 415 g/mol. The predicted molar refractivity (Wildman–Crippen MR) is 108 cm³/mol. The summed E-state index contributed by atoms with van der Waals surface area (Å²) in [6, 6.07) is 8.63. The lowest BCUT2D eigenvalue weighted by Gasteiger charge is -2.36. The summed E-state index contributed by atoms with van der Waals surface area (Å²) in [4.78, 5) is 41.0. The van der Waals surface area contributed by atoms with E-state index in [1.807, 2.05) is 44.2 Å². The summed E-state index contributed by atoms with van der Waals surface area (Å²) in [5.41, 5.74) is -0.944. The number of hydrogen-bond acceptors (Lipinski definition) is 5. The van der Waals surface area contributed by atoms with Crippen LogP contribution in [0.25, 0.3) is 0 Å². The van der Waals surface area contributed by atoms with E-state index in [9.17, 15) is 19.5 Å². The molecule has 162 valence electrons. The number of nitrogens with one attached hydrogen (secondary N) is 2. The maximum Gasteiger partial charge on any atom is 0.246 e. The van der Waals surface area contributed by atoms with Crippen molar-refractivity contribution in [2.45, 2.75) is 44.1 Å². The first-order valence-corrected chi connectivity index (χ1v) is 10.4. The molecule has 0 radical (unpaired) electrons. The fourth-order valence-corrected chi connectivity index (χ4v) is 5.82. The molecule has 0 aromatic heterocycles. The Bertz CT molecular complexity index is 862. The van der Waals surface area contributed by atoms with Crippen LogP contribution in [0.3, 0.4) is 0 Å². The topological polar surface area (TPSA) is 108 Å². The number of nitrogens with zero attached hydrogens (tertiary/aromatic N) is 1. The molecule has 3 unspecified atom stereocenters. The van der Waals surface area contributed by atoms with E-state index in [1.54, 1.807) is 7.05 Å². The van der Waals surface area contributed by atoms with Crippen LogP contribution in [-0.2, 0) is 25.7 Å². The third kappa shape index (κ3) is 2.77. The van der Waals surface area contributed by atoms with Gasteiger partial charge in [-0.1, -0.05) is 37.3 Å². The highest BCUT2D eigenvalue weighted by Gasteiger charge is 2.79. The lowest BCUT2D eigenvalue weighted by molar-refractivity contribution is -0.147. The van der Waals surface area contributed by atoms with Crippen LogP contribution in [-0.4, -0.2) is 65.2 Å². The molecule has 3 N–H and O–H groups in total. The van der Waals surface area contributed by atoms with Crippen molar-refractivity contribution in [2.75, 3.05) is 20.2 Å². The number of hydrogen-bond donors (Lipinski definition) is 3. The second kappa shape index (κ2) is 7.35. The molecule has 1 aromatic carbocycles. The third-order valence-corrected chi connectivity index (χ3v) is 7.24. The normalized spacial score (nSPS) is 36.7. The van der Waals surface area contributed by atoms with E-state index in [4.69, 9.17) is 4.74 Å². The van der Waals surface area contributed by atoms with Gasteiger partial charge in [-0.25, -0.2) is 0 Å². The van der Waals surface area contributed by atoms with Gasteiger partial charge in [0.15, 0.2) is 0 Å². The van der Waals surface area contributed by atoms with Crippen molar-refractivity contribution >= 4 is 17.7 Å². The molecular formula is C22H29N3O5. The van der Waals surface area contributed by atoms with Crippen LogP contribution < -0.4 is 10.6 Å². The standard InChI is InChI=1S/C22H29N3O5/c1-13-11-22-16(15(18(27)23-3)21(13,2)30-22)20(29)25(9-10-26)17(22)19(28)24-12-14-7-5-4-6-8-14/h4-8,13,15-17,26H,9-12H2,1-3H3,(H,23,27)(H,24,28)/t13?,15-,16-,17?,21+,22?/m0/s1. The average molecular weight is 415 g/mol. The Hall–Kier alpha value is -2.45. The molecule has 1 spiro atoms. The number of fused-ring (bicyclic) bond motifs is 1. The van der Waals surface area contributed by atoms with Gasteiger partial charge < -0.3 is 25.4 Å². The fraction of sp³-hybridized carbons (Fsp3) is 0.591. The highest BCUT2D eigenvalue weighted by Crippen LogP contribution is 2.65. The van der Waals surface area contributed by atoms with Gasteiger partial charge in [0.1, 0.15) is 11.6 Å². The first kappa shape index (κ1) is 20.8. The van der Waals surface area contributed by atoms with E-state index >= 15 is 0 Å². The van der Waals surface area contributed by atoms with Crippen LogP contribution in [0.2, 0.25) is 0 Å². The third-order valence-electron chi connectivity index (χ3n) is 7.24. The minimum atomic E-state index is -1.07. The maximum atomic E-state index is 13.4. The van der Waals surface area contributed by atoms with Gasteiger partial charge in [-0.05, 0) is 24.8 Å². The van der Waals surface area contributed by atoms with Gasteiger partial charge in [0.25, 0.3) is 0 Å². The number of carbonyl (C=O) groups excluding carboxylic acids is 3. The van der Waals surface area contributed by atoms with Crippen molar-refractivity contribution in [1.82, 2.24) is 15.5 Å². The van der Waals surface area contributed by atoms with Crippen LogP contribution in [0.15, 0.2) is 30.3 Å². The van der Waals surface area contributed by atoms with Gasteiger partial charge in [0.05, 0.1) is 24.0 Å². The van der Waals surface area contributed by atoms with Crippen molar-refractivity contribution in [2.24, 2.45) is 17.8 Å². The molecule has 4 rings (SSSR count). The van der Waals surface area contributed by atoms with Gasteiger partial charge in [-0.15, -0.1) is 0 Å². The zero-order chi connectivity index (χ0) is 21.7. The van der Waals surface area contributed by atoms with Crippen LogP contribution >= 0.6 is 0 Å². The fourth-order valence-electron chi connectivity index (χ4n) is 5.82. The number of rotatable bonds is 6. The molecule has 3 heterocycles. The molecule has 3 saturated heterocycles. The summed E-state index contributed by atoms with van der Waals surface area (Å²) in [6.45, 7) is 3.94. The first-order chi connectivity index (χ1) is 14.3. The number of carbonyl (C=O) groups is 3. The Morgan fingerprint density at radius 3 is 2.60 bits per heavy atom. The molecule has 3 aliphatic heterocycles. The summed E-state index contributed by atoms with van der Waals surface area (Å²) in [5.74, 6) is -2.28. The minimum absolute atomic E-state index is 0.00218. The number of likely N-dealkylation sites (tertiary alicyclic amines) is 1. The molecule has 6 atom stereocenters. The zero-order valence-electron chi connectivity index (χ0n) is 17.6. The molecule has 3 amide bonds. The summed E-state index contributed by atoms with van der Waals surface area (Å²) in [6.07, 6.45) is 0.513. The Morgan fingerprint density at radius 1 is 1.27 bits per heavy atom. The van der Waals surface area contributed by atoms with Gasteiger partial charge in [-0.3, -0.25) is 14.4 Å². The molecule has 1 aromatic rings. The smallest absolute Gasteiger partial charge is 0.246 e. The Kier molecular flexibility index (Phi) is 5.10. The molecule has 0 aliphatic carbocycles. The number of aliphatic hydroxyl groups excluding tert-OH is 1. The SMILES string of the molecule is CNC(=O)[C@@H]1[C@H]2C(=O)N(CCO)C(C(=O)NCc3ccccc3)C23CC(C)[C@@]1(C)O3. The number of ether oxygens (including phenoxy) is 1. The van der Waals surface area contributed by atoms with Crippen molar-refractivity contribution in [3.05, 3.63) is 35.9 Å². The summed E-state index contributed by atoms with van der Waals surface area (Å²) >= 11 is 0. The van der Waals surface area contributed by atoms with E-state index in [2.05, 4.69) is 10.6 Å². The number of amides is 3. The number of β-amino-alcohol motifs (C(OH)–C–C–N with tert-alkyl or cyclic N) is 1. The lowest BCUT2D eigenvalue weighted by Crippen LogP contribution is -2.56. The summed E-state index contributed by atoms with van der Waals surface area (Å²) in [7, 11) is 1.55. The molecule has 3 fully saturated rings. The van der Waals surface area contributed by atoms with Crippen molar-refractivity contribution < 1.29 is 24.2 Å². The summed E-state index contributed by atoms with van der Waals surface area (Å²) < 4.78 is 6.49. The molecule has 3 aliphatic rings. The quantitative estimate of drug-likeness (QED) is 0.609. The van der Waals surface area contributed by atoms with Gasteiger partial charge in [0, 0.05) is 20.1 Å². The van der Waals surface area contributed by atoms with Crippen molar-refractivity contribution in [3.8, 4) is 0 Å². The molecule has 8 nitrogen and oxygen atoms in total. The minimum Gasteiger partial charge on any atom is -0.395 e. The zero-order valence-corrected chi connectivity index (χ0v) is 17.6. The van der Waals surface area contributed by atoms with Crippen LogP contribution in [0, 0.1) is 17.8 Å². The van der Waals surface area contributed by atoms with Crippen molar-refractivity contribution in [1.29, 1.82) is 0 Å². The predicted octanol–water partition coefficient (Wildman–Crippen LogP) is 0.0518.